The molecule has 1 aliphatic heterocycles. The SMILES string of the molecule is O=C1CC[C@H](C(=O)Nc2cc(F)c3n[nH]c(-c4cccc(F)c4)c3c2)N1. The average Bonchev–Trinajstić information content (AvgIpc) is 3.21. The first-order valence-electron chi connectivity index (χ1n) is 8.05. The second-order valence-corrected chi connectivity index (χ2v) is 6.11. The molecular formula is C18H14F2N4O2. The van der Waals surface area contributed by atoms with E-state index in [0.29, 0.717) is 23.1 Å². The van der Waals surface area contributed by atoms with Crippen molar-refractivity contribution in [2.24, 2.45) is 0 Å². The van der Waals surface area contributed by atoms with Gasteiger partial charge in [0.05, 0.1) is 5.69 Å². The van der Waals surface area contributed by atoms with E-state index in [2.05, 4.69) is 20.8 Å². The van der Waals surface area contributed by atoms with Gasteiger partial charge in [-0.1, -0.05) is 12.1 Å². The van der Waals surface area contributed by atoms with Gasteiger partial charge in [0.15, 0.2) is 5.82 Å². The number of benzene rings is 2. The van der Waals surface area contributed by atoms with Gasteiger partial charge in [-0.15, -0.1) is 0 Å². The Hall–Kier alpha value is -3.29. The summed E-state index contributed by atoms with van der Waals surface area (Å²) in [5.41, 5.74) is 1.29. The van der Waals surface area contributed by atoms with Crippen molar-refractivity contribution in [3.05, 3.63) is 48.0 Å². The van der Waals surface area contributed by atoms with E-state index >= 15 is 0 Å². The van der Waals surface area contributed by atoms with E-state index < -0.39 is 23.6 Å². The Bertz CT molecular complexity index is 1030. The lowest BCUT2D eigenvalue weighted by molar-refractivity contribution is -0.122. The van der Waals surface area contributed by atoms with Crippen molar-refractivity contribution >= 4 is 28.4 Å². The molecule has 1 aliphatic rings. The van der Waals surface area contributed by atoms with Gasteiger partial charge >= 0.3 is 0 Å². The summed E-state index contributed by atoms with van der Waals surface area (Å²) in [6.45, 7) is 0. The summed E-state index contributed by atoms with van der Waals surface area (Å²) in [6, 6.07) is 7.93. The smallest absolute Gasteiger partial charge is 0.246 e. The highest BCUT2D eigenvalue weighted by Crippen LogP contribution is 2.30. The number of nitrogens with one attached hydrogen (secondary N) is 3. The Labute approximate surface area is 146 Å². The Kier molecular flexibility index (Phi) is 3.87. The van der Waals surface area contributed by atoms with Crippen LogP contribution < -0.4 is 10.6 Å². The van der Waals surface area contributed by atoms with Crippen molar-refractivity contribution in [2.45, 2.75) is 18.9 Å². The third-order valence-corrected chi connectivity index (χ3v) is 4.30. The quantitative estimate of drug-likeness (QED) is 0.674. The van der Waals surface area contributed by atoms with Crippen molar-refractivity contribution in [3.63, 3.8) is 0 Å². The maximum absolute atomic E-state index is 14.4. The summed E-state index contributed by atoms with van der Waals surface area (Å²) in [5, 5.41) is 12.2. The van der Waals surface area contributed by atoms with Crippen LogP contribution in [0.25, 0.3) is 22.2 Å². The van der Waals surface area contributed by atoms with E-state index in [9.17, 15) is 18.4 Å². The number of rotatable bonds is 3. The molecule has 0 saturated carbocycles. The van der Waals surface area contributed by atoms with Crippen LogP contribution >= 0.6 is 0 Å². The lowest BCUT2D eigenvalue weighted by Crippen LogP contribution is -2.37. The van der Waals surface area contributed by atoms with Crippen LogP contribution in [0.1, 0.15) is 12.8 Å². The molecule has 6 nitrogen and oxygen atoms in total. The predicted octanol–water partition coefficient (Wildman–Crippen LogP) is 2.73. The number of carbonyl (C=O) groups is 2. The summed E-state index contributed by atoms with van der Waals surface area (Å²) in [7, 11) is 0. The third kappa shape index (κ3) is 2.90. The fourth-order valence-corrected chi connectivity index (χ4v) is 3.05. The Balaban J connectivity index is 1.70. The van der Waals surface area contributed by atoms with Crippen LogP contribution in [0.15, 0.2) is 36.4 Å². The van der Waals surface area contributed by atoms with Crippen LogP contribution in [-0.4, -0.2) is 28.1 Å². The number of nitrogens with zero attached hydrogens (tertiary/aromatic N) is 1. The van der Waals surface area contributed by atoms with Gasteiger partial charge in [-0.25, -0.2) is 8.78 Å². The molecule has 1 fully saturated rings. The van der Waals surface area contributed by atoms with Crippen molar-refractivity contribution in [1.82, 2.24) is 15.5 Å². The maximum atomic E-state index is 14.4. The normalized spacial score (nSPS) is 16.7. The second-order valence-electron chi connectivity index (χ2n) is 6.11. The van der Waals surface area contributed by atoms with Crippen LogP contribution in [0.5, 0.6) is 0 Å². The first kappa shape index (κ1) is 16.2. The number of hydrogen-bond acceptors (Lipinski definition) is 3. The van der Waals surface area contributed by atoms with Gasteiger partial charge in [0.25, 0.3) is 0 Å². The molecule has 2 aromatic carbocycles. The number of aromatic amines is 1. The number of hydrogen-bond donors (Lipinski definition) is 3. The molecule has 0 unspecified atom stereocenters. The van der Waals surface area contributed by atoms with Crippen LogP contribution in [0.4, 0.5) is 14.5 Å². The molecule has 8 heteroatoms. The number of H-pyrrole nitrogens is 1. The standard InChI is InChI=1S/C18H14F2N4O2/c19-10-3-1-2-9(6-10)16-12-7-11(8-13(20)17(12)24-23-16)21-18(26)14-4-5-15(25)22-14/h1-3,6-8,14H,4-5H2,(H,21,26)(H,22,25)(H,23,24)/t14-/m1/s1. The topological polar surface area (TPSA) is 86.9 Å². The van der Waals surface area contributed by atoms with Crippen molar-refractivity contribution in [1.29, 1.82) is 0 Å². The molecule has 2 heterocycles. The third-order valence-electron chi connectivity index (χ3n) is 4.30. The predicted molar refractivity (Wildman–Crippen MR) is 91.2 cm³/mol. The molecular weight excluding hydrogens is 342 g/mol. The number of anilines is 1. The molecule has 3 aromatic rings. The molecule has 1 atom stereocenters. The number of carbonyl (C=O) groups excluding carboxylic acids is 2. The van der Waals surface area contributed by atoms with Gasteiger partial charge in [0.1, 0.15) is 17.4 Å². The van der Waals surface area contributed by atoms with Gasteiger partial charge < -0.3 is 10.6 Å². The lowest BCUT2D eigenvalue weighted by Gasteiger charge is -2.11. The molecule has 2 amide bonds. The molecule has 0 aliphatic carbocycles. The van der Waals surface area contributed by atoms with Crippen LogP contribution in [0, 0.1) is 11.6 Å². The first-order chi connectivity index (χ1) is 12.5. The van der Waals surface area contributed by atoms with Crippen LogP contribution in [0.3, 0.4) is 0 Å². The molecule has 132 valence electrons. The number of aromatic nitrogens is 2. The zero-order valence-corrected chi connectivity index (χ0v) is 13.5. The number of fused-ring (bicyclic) bond motifs is 1. The van der Waals surface area contributed by atoms with E-state index in [0.717, 1.165) is 6.07 Å². The summed E-state index contributed by atoms with van der Waals surface area (Å²) in [6.07, 6.45) is 0.687. The molecule has 0 radical (unpaired) electrons. The van der Waals surface area contributed by atoms with E-state index in [1.165, 1.54) is 12.1 Å². The maximum Gasteiger partial charge on any atom is 0.246 e. The number of halogens is 2. The molecule has 0 bridgehead atoms. The highest BCUT2D eigenvalue weighted by Gasteiger charge is 2.27. The molecule has 4 rings (SSSR count). The van der Waals surface area contributed by atoms with Crippen molar-refractivity contribution < 1.29 is 18.4 Å². The summed E-state index contributed by atoms with van der Waals surface area (Å²) >= 11 is 0. The largest absolute Gasteiger partial charge is 0.344 e. The monoisotopic (exact) mass is 356 g/mol. The number of amides is 2. The summed E-state index contributed by atoms with van der Waals surface area (Å²) in [5.74, 6) is -1.64. The lowest BCUT2D eigenvalue weighted by atomic mass is 10.1. The second kappa shape index (κ2) is 6.21. The van der Waals surface area contributed by atoms with E-state index in [1.54, 1.807) is 18.2 Å². The Morgan fingerprint density at radius 3 is 2.81 bits per heavy atom. The van der Waals surface area contributed by atoms with Crippen molar-refractivity contribution in [3.8, 4) is 11.3 Å². The minimum absolute atomic E-state index is 0.0939. The summed E-state index contributed by atoms with van der Waals surface area (Å²) in [4.78, 5) is 23.5. The Morgan fingerprint density at radius 2 is 2.08 bits per heavy atom. The van der Waals surface area contributed by atoms with Crippen LogP contribution in [-0.2, 0) is 9.59 Å². The van der Waals surface area contributed by atoms with Gasteiger partial charge in [-0.3, -0.25) is 14.7 Å². The molecule has 3 N–H and O–H groups in total. The van der Waals surface area contributed by atoms with Gasteiger partial charge in [-0.05, 0) is 30.7 Å². The zero-order chi connectivity index (χ0) is 18.3. The van der Waals surface area contributed by atoms with Gasteiger partial charge in [0.2, 0.25) is 11.8 Å². The molecule has 1 aromatic heterocycles. The van der Waals surface area contributed by atoms with E-state index in [-0.39, 0.29) is 23.5 Å². The molecule has 1 saturated heterocycles. The van der Waals surface area contributed by atoms with E-state index in [4.69, 9.17) is 0 Å². The highest BCUT2D eigenvalue weighted by molar-refractivity contribution is 6.02. The fourth-order valence-electron chi connectivity index (χ4n) is 3.05. The minimum atomic E-state index is -0.631. The first-order valence-corrected chi connectivity index (χ1v) is 8.05. The van der Waals surface area contributed by atoms with Gasteiger partial charge in [-0.2, -0.15) is 5.10 Å². The van der Waals surface area contributed by atoms with Gasteiger partial charge in [0, 0.05) is 23.1 Å². The summed E-state index contributed by atoms with van der Waals surface area (Å²) < 4.78 is 27.9. The van der Waals surface area contributed by atoms with Crippen LogP contribution in [0.2, 0.25) is 0 Å². The zero-order valence-electron chi connectivity index (χ0n) is 13.5. The average molecular weight is 356 g/mol. The molecule has 0 spiro atoms. The minimum Gasteiger partial charge on any atom is -0.344 e. The van der Waals surface area contributed by atoms with Crippen molar-refractivity contribution in [2.75, 3.05) is 5.32 Å². The molecule has 26 heavy (non-hydrogen) atoms. The fraction of sp³-hybridized carbons (Fsp3) is 0.167. The Morgan fingerprint density at radius 1 is 1.23 bits per heavy atom. The highest BCUT2D eigenvalue weighted by atomic mass is 19.1. The van der Waals surface area contributed by atoms with E-state index in [1.807, 2.05) is 0 Å².